The van der Waals surface area contributed by atoms with Crippen LogP contribution in [0.5, 0.6) is 11.5 Å². The van der Waals surface area contributed by atoms with Crippen molar-refractivity contribution in [2.24, 2.45) is 0 Å². The minimum atomic E-state index is -0.312. The van der Waals surface area contributed by atoms with Crippen LogP contribution in [0.25, 0.3) is 0 Å². The van der Waals surface area contributed by atoms with Crippen LogP contribution in [0.1, 0.15) is 62.6 Å². The Bertz CT molecular complexity index is 853. The summed E-state index contributed by atoms with van der Waals surface area (Å²) in [5.74, 6) is 1.21. The molecule has 0 fully saturated rings. The SMILES string of the molecule is CCCCCCCOc1ccc(C(C)(c2ccccc2)c2ccc(O)cc2)cc1. The smallest absolute Gasteiger partial charge is 0.119 e. The van der Waals surface area contributed by atoms with Gasteiger partial charge in [0.1, 0.15) is 11.5 Å². The Hall–Kier alpha value is -2.74. The predicted molar refractivity (Wildman–Crippen MR) is 121 cm³/mol. The van der Waals surface area contributed by atoms with E-state index in [9.17, 15) is 5.11 Å². The summed E-state index contributed by atoms with van der Waals surface area (Å²) in [5.41, 5.74) is 3.25. The largest absolute Gasteiger partial charge is 0.508 e. The fourth-order valence-corrected chi connectivity index (χ4v) is 3.85. The third-order valence-electron chi connectivity index (χ3n) is 5.74. The molecule has 0 radical (unpaired) electrons. The molecule has 29 heavy (non-hydrogen) atoms. The third-order valence-corrected chi connectivity index (χ3v) is 5.74. The third kappa shape index (κ3) is 5.20. The fraction of sp³-hybridized carbons (Fsp3) is 0.333. The molecule has 0 saturated heterocycles. The second-order valence-corrected chi connectivity index (χ2v) is 7.82. The summed E-state index contributed by atoms with van der Waals surface area (Å²) in [6.07, 6.45) is 6.21. The molecule has 2 nitrogen and oxygen atoms in total. The molecule has 3 aromatic rings. The summed E-state index contributed by atoms with van der Waals surface area (Å²) in [5, 5.41) is 9.73. The van der Waals surface area contributed by atoms with Crippen LogP contribution in [0.3, 0.4) is 0 Å². The van der Waals surface area contributed by atoms with E-state index in [4.69, 9.17) is 4.74 Å². The lowest BCUT2D eigenvalue weighted by Crippen LogP contribution is -2.25. The zero-order valence-corrected chi connectivity index (χ0v) is 17.6. The average Bonchev–Trinajstić information content (AvgIpc) is 2.77. The maximum absolute atomic E-state index is 9.73. The number of rotatable bonds is 10. The Morgan fingerprint density at radius 2 is 1.24 bits per heavy atom. The van der Waals surface area contributed by atoms with Crippen molar-refractivity contribution in [3.05, 3.63) is 95.6 Å². The molecule has 0 bridgehead atoms. The lowest BCUT2D eigenvalue weighted by Gasteiger charge is -2.32. The first kappa shape index (κ1) is 21.0. The second kappa shape index (κ2) is 10.2. The minimum absolute atomic E-state index is 0.284. The van der Waals surface area contributed by atoms with Gasteiger partial charge in [-0.3, -0.25) is 0 Å². The predicted octanol–water partition coefficient (Wildman–Crippen LogP) is 7.10. The van der Waals surface area contributed by atoms with Crippen LogP contribution in [-0.2, 0) is 5.41 Å². The van der Waals surface area contributed by atoms with E-state index in [1.54, 1.807) is 12.1 Å². The molecule has 1 N–H and O–H groups in total. The maximum Gasteiger partial charge on any atom is 0.119 e. The zero-order valence-electron chi connectivity index (χ0n) is 17.6. The van der Waals surface area contributed by atoms with Gasteiger partial charge in [0.25, 0.3) is 0 Å². The molecule has 3 rings (SSSR count). The quantitative estimate of drug-likeness (QED) is 0.296. The van der Waals surface area contributed by atoms with Crippen molar-refractivity contribution in [3.8, 4) is 11.5 Å². The normalized spacial score (nSPS) is 13.0. The van der Waals surface area contributed by atoms with Gasteiger partial charge in [0, 0.05) is 5.41 Å². The van der Waals surface area contributed by atoms with E-state index >= 15 is 0 Å². The van der Waals surface area contributed by atoms with Gasteiger partial charge in [-0.1, -0.05) is 87.2 Å². The average molecular weight is 389 g/mol. The van der Waals surface area contributed by atoms with Crippen LogP contribution in [0.4, 0.5) is 0 Å². The number of hydrogen-bond acceptors (Lipinski definition) is 2. The van der Waals surface area contributed by atoms with Crippen LogP contribution in [0.2, 0.25) is 0 Å². The van der Waals surface area contributed by atoms with Crippen LogP contribution < -0.4 is 4.74 Å². The van der Waals surface area contributed by atoms with Crippen molar-refractivity contribution in [3.63, 3.8) is 0 Å². The maximum atomic E-state index is 9.73. The fourth-order valence-electron chi connectivity index (χ4n) is 3.85. The van der Waals surface area contributed by atoms with E-state index < -0.39 is 0 Å². The number of ether oxygens (including phenoxy) is 1. The molecule has 1 atom stereocenters. The topological polar surface area (TPSA) is 29.5 Å². The summed E-state index contributed by atoms with van der Waals surface area (Å²) in [7, 11) is 0. The Morgan fingerprint density at radius 3 is 1.86 bits per heavy atom. The van der Waals surface area contributed by atoms with Gasteiger partial charge < -0.3 is 9.84 Å². The molecule has 0 aliphatic carbocycles. The minimum Gasteiger partial charge on any atom is -0.508 e. The first-order valence-corrected chi connectivity index (χ1v) is 10.7. The summed E-state index contributed by atoms with van der Waals surface area (Å²) in [4.78, 5) is 0. The number of hydrogen-bond donors (Lipinski definition) is 1. The second-order valence-electron chi connectivity index (χ2n) is 7.82. The standard InChI is InChI=1S/C27H32O2/c1-3-4-5-6-10-21-29-26-19-15-24(16-20-26)27(2,22-11-8-7-9-12-22)23-13-17-25(28)18-14-23/h7-9,11-20,28H,3-6,10,21H2,1-2H3. The highest BCUT2D eigenvalue weighted by Gasteiger charge is 2.31. The molecular formula is C27H32O2. The molecule has 0 amide bonds. The van der Waals surface area contributed by atoms with Gasteiger partial charge in [-0.2, -0.15) is 0 Å². The van der Waals surface area contributed by atoms with Crippen molar-refractivity contribution in [1.82, 2.24) is 0 Å². The molecule has 0 heterocycles. The number of benzene rings is 3. The van der Waals surface area contributed by atoms with Crippen LogP contribution in [0, 0.1) is 0 Å². The van der Waals surface area contributed by atoms with Crippen molar-refractivity contribution in [1.29, 1.82) is 0 Å². The molecular weight excluding hydrogens is 356 g/mol. The molecule has 1 unspecified atom stereocenters. The van der Waals surface area contributed by atoms with E-state index in [1.807, 2.05) is 18.2 Å². The van der Waals surface area contributed by atoms with E-state index in [-0.39, 0.29) is 11.2 Å². The van der Waals surface area contributed by atoms with E-state index in [2.05, 4.69) is 62.4 Å². The number of phenolic OH excluding ortho intramolecular Hbond substituents is 1. The summed E-state index contributed by atoms with van der Waals surface area (Å²) in [6.45, 7) is 5.24. The van der Waals surface area contributed by atoms with E-state index in [1.165, 1.54) is 36.8 Å². The van der Waals surface area contributed by atoms with Gasteiger partial charge in [-0.25, -0.2) is 0 Å². The molecule has 0 aliphatic heterocycles. The highest BCUT2D eigenvalue weighted by Crippen LogP contribution is 2.39. The molecule has 0 aliphatic rings. The van der Waals surface area contributed by atoms with Crippen molar-refractivity contribution in [2.75, 3.05) is 6.61 Å². The van der Waals surface area contributed by atoms with Crippen molar-refractivity contribution in [2.45, 2.75) is 51.4 Å². The Labute approximate surface area is 175 Å². The first-order valence-electron chi connectivity index (χ1n) is 10.7. The van der Waals surface area contributed by atoms with Gasteiger partial charge in [0.05, 0.1) is 6.61 Å². The summed E-state index contributed by atoms with van der Waals surface area (Å²) in [6, 6.07) is 26.5. The summed E-state index contributed by atoms with van der Waals surface area (Å²) < 4.78 is 5.95. The number of phenols is 1. The Balaban J connectivity index is 1.79. The van der Waals surface area contributed by atoms with Gasteiger partial charge in [0.15, 0.2) is 0 Å². The monoisotopic (exact) mass is 388 g/mol. The van der Waals surface area contributed by atoms with Crippen LogP contribution >= 0.6 is 0 Å². The van der Waals surface area contributed by atoms with Gasteiger partial charge in [-0.05, 0) is 54.3 Å². The van der Waals surface area contributed by atoms with E-state index in [0.29, 0.717) is 0 Å². The summed E-state index contributed by atoms with van der Waals surface area (Å²) >= 11 is 0. The molecule has 2 heteroatoms. The number of unbranched alkanes of at least 4 members (excludes halogenated alkanes) is 4. The Morgan fingerprint density at radius 1 is 0.690 bits per heavy atom. The van der Waals surface area contributed by atoms with Crippen LogP contribution in [0.15, 0.2) is 78.9 Å². The molecule has 0 aromatic heterocycles. The number of aromatic hydroxyl groups is 1. The van der Waals surface area contributed by atoms with Crippen molar-refractivity contribution < 1.29 is 9.84 Å². The Kier molecular flexibility index (Phi) is 7.35. The zero-order chi connectivity index (χ0) is 20.5. The molecule has 152 valence electrons. The molecule has 0 saturated carbocycles. The lowest BCUT2D eigenvalue weighted by molar-refractivity contribution is 0.304. The van der Waals surface area contributed by atoms with Gasteiger partial charge in [-0.15, -0.1) is 0 Å². The first-order chi connectivity index (χ1) is 14.1. The highest BCUT2D eigenvalue weighted by molar-refractivity contribution is 5.51. The highest BCUT2D eigenvalue weighted by atomic mass is 16.5. The molecule has 0 spiro atoms. The lowest BCUT2D eigenvalue weighted by atomic mass is 9.71. The van der Waals surface area contributed by atoms with Gasteiger partial charge >= 0.3 is 0 Å². The van der Waals surface area contributed by atoms with Gasteiger partial charge in [0.2, 0.25) is 0 Å². The van der Waals surface area contributed by atoms with Crippen LogP contribution in [-0.4, -0.2) is 11.7 Å². The van der Waals surface area contributed by atoms with Crippen molar-refractivity contribution >= 4 is 0 Å². The van der Waals surface area contributed by atoms with E-state index in [0.717, 1.165) is 24.3 Å². The molecule has 3 aromatic carbocycles.